The highest BCUT2D eigenvalue weighted by Gasteiger charge is 2.35. The van der Waals surface area contributed by atoms with Crippen molar-refractivity contribution in [2.75, 3.05) is 279 Å². The lowest BCUT2D eigenvalue weighted by molar-refractivity contribution is -0.150. The third-order valence-corrected chi connectivity index (χ3v) is 20.1. The lowest BCUT2D eigenvalue weighted by atomic mass is 10.1. The predicted octanol–water partition coefficient (Wildman–Crippen LogP) is -1.77. The van der Waals surface area contributed by atoms with Gasteiger partial charge in [0.1, 0.15) is 0 Å². The zero-order chi connectivity index (χ0) is 85.4. The standard InChI is InChI=1S/C78H138N16O21/c1-61(2)22-34-86(53-74(105)89(37-43-110-7)50-64(79)95)72(103)59-93(41-47-114-11)75(106)51-84(32-17-30-82-27-14-20-66(82)97)70(101)58-92(40-46-113-10)78(109)55-88(36-24-63(5)6)73(104)60-94(42-48-115-12)76(107)52-85(33-18-31-83-28-15-21-67(83)98)69(100)57-91(39-45-112-9)77(108)54-87(35-23-62(3)4)71(102)56-90(38-44-111-8)68(99)49-80-25-16-29-81-26-13-19-65(81)96/h61-63,80H,13-60H2,1-12H3,(H2,79,95). The van der Waals surface area contributed by atoms with E-state index in [2.05, 4.69) is 5.32 Å². The third-order valence-electron chi connectivity index (χ3n) is 20.1. The number of nitrogens with zero attached hydrogens (tertiary/aromatic N) is 14. The fourth-order valence-corrected chi connectivity index (χ4v) is 12.9. The fourth-order valence-electron chi connectivity index (χ4n) is 12.9. The third kappa shape index (κ3) is 40.0. The topological polar surface area (TPSA) is 395 Å². The Hall–Kier alpha value is -8.23. The summed E-state index contributed by atoms with van der Waals surface area (Å²) in [5.41, 5.74) is 5.48. The van der Waals surface area contributed by atoms with Crippen LogP contribution in [0, 0.1) is 17.8 Å². The molecule has 3 saturated heterocycles. The number of carbonyl (C=O) groups excluding carboxylic acids is 15. The fraction of sp³-hybridized carbons (Fsp3) is 0.808. The molecule has 656 valence electrons. The second-order valence-corrected chi connectivity index (χ2v) is 30.6. The van der Waals surface area contributed by atoms with E-state index in [0.717, 1.165) is 6.42 Å². The number of carbonyl (C=O) groups is 15. The van der Waals surface area contributed by atoms with E-state index in [1.54, 1.807) is 14.7 Å². The van der Waals surface area contributed by atoms with Gasteiger partial charge in [-0.05, 0) is 82.1 Å². The average Bonchev–Trinajstić information content (AvgIpc) is 1.80. The smallest absolute Gasteiger partial charge is 0.242 e. The molecular formula is C78H138N16O21. The van der Waals surface area contributed by atoms with Crippen molar-refractivity contribution >= 4 is 88.6 Å². The zero-order valence-electron chi connectivity index (χ0n) is 71.1. The van der Waals surface area contributed by atoms with E-state index in [9.17, 15) is 71.9 Å². The van der Waals surface area contributed by atoms with Crippen molar-refractivity contribution < 1.29 is 100 Å². The van der Waals surface area contributed by atoms with Crippen LogP contribution >= 0.6 is 0 Å². The molecule has 115 heavy (non-hydrogen) atoms. The first-order valence-corrected chi connectivity index (χ1v) is 40.7. The van der Waals surface area contributed by atoms with Crippen molar-refractivity contribution in [1.82, 2.24) is 73.9 Å². The highest BCUT2D eigenvalue weighted by atomic mass is 16.5. The summed E-state index contributed by atoms with van der Waals surface area (Å²) in [4.78, 5) is 229. The normalized spacial score (nSPS) is 13.5. The van der Waals surface area contributed by atoms with Crippen molar-refractivity contribution in [3.8, 4) is 0 Å². The number of hydrogen-bond acceptors (Lipinski definition) is 22. The first-order chi connectivity index (χ1) is 54.9. The molecule has 37 heteroatoms. The Labute approximate surface area is 680 Å². The Morgan fingerprint density at radius 2 is 0.522 bits per heavy atom. The highest BCUT2D eigenvalue weighted by molar-refractivity contribution is 5.95. The number of likely N-dealkylation sites (tertiary alicyclic amines) is 3. The zero-order valence-corrected chi connectivity index (χ0v) is 71.1. The lowest BCUT2D eigenvalue weighted by Gasteiger charge is -2.33. The van der Waals surface area contributed by atoms with E-state index in [0.29, 0.717) is 90.5 Å². The van der Waals surface area contributed by atoms with Gasteiger partial charge in [0.25, 0.3) is 0 Å². The van der Waals surface area contributed by atoms with Gasteiger partial charge in [0, 0.05) is 173 Å². The summed E-state index contributed by atoms with van der Waals surface area (Å²) in [6.45, 7) is 8.71. The van der Waals surface area contributed by atoms with Crippen molar-refractivity contribution in [2.45, 2.75) is 119 Å². The Bertz CT molecular complexity index is 3060. The summed E-state index contributed by atoms with van der Waals surface area (Å²) in [7, 11) is 8.54. The van der Waals surface area contributed by atoms with E-state index in [4.69, 9.17) is 34.2 Å². The molecule has 0 atom stereocenters. The van der Waals surface area contributed by atoms with Crippen molar-refractivity contribution in [2.24, 2.45) is 23.5 Å². The summed E-state index contributed by atoms with van der Waals surface area (Å²) in [6.07, 6.45) is 5.82. The minimum absolute atomic E-state index is 0.00369. The molecule has 0 spiro atoms. The first-order valence-electron chi connectivity index (χ1n) is 40.7. The van der Waals surface area contributed by atoms with Crippen LogP contribution in [-0.4, -0.2) is 436 Å². The van der Waals surface area contributed by atoms with E-state index in [1.807, 2.05) is 41.5 Å². The SMILES string of the molecule is COCCN(CC(N)=O)C(=O)CN(CCC(C)C)C(=O)CN(CCOC)C(=O)CN(CCCN1CCCC1=O)C(=O)CN(CCOC)C(=O)CN(CCC(C)C)C(=O)CN(CCOC)C(=O)CN(CCCN1CCCC1=O)C(=O)CN(CCOC)C(=O)CN(CCC(C)C)C(=O)CN(CCOC)C(=O)CNCCCN1CCCC1=O. The molecule has 0 aromatic carbocycles. The first kappa shape index (κ1) is 101. The molecule has 0 aliphatic carbocycles. The number of amides is 15. The Balaban J connectivity index is 1.99. The van der Waals surface area contributed by atoms with Gasteiger partial charge in [-0.2, -0.15) is 0 Å². The predicted molar refractivity (Wildman–Crippen MR) is 425 cm³/mol. The van der Waals surface area contributed by atoms with E-state index >= 15 is 0 Å². The molecule has 0 saturated carbocycles. The molecule has 15 amide bonds. The molecule has 0 radical (unpaired) electrons. The Morgan fingerprint density at radius 3 is 0.730 bits per heavy atom. The van der Waals surface area contributed by atoms with Crippen molar-refractivity contribution in [3.63, 3.8) is 0 Å². The maximum absolute atomic E-state index is 15.0. The van der Waals surface area contributed by atoms with Gasteiger partial charge in [0.2, 0.25) is 88.6 Å². The number of methoxy groups -OCH3 is 6. The molecule has 0 aromatic heterocycles. The van der Waals surface area contributed by atoms with Crippen LogP contribution in [0.5, 0.6) is 0 Å². The molecule has 3 heterocycles. The quantitative estimate of drug-likeness (QED) is 0.0636. The molecule has 0 unspecified atom stereocenters. The number of nitrogens with two attached hydrogens (primary N) is 1. The molecule has 0 aromatic rings. The van der Waals surface area contributed by atoms with Crippen LogP contribution in [0.2, 0.25) is 0 Å². The number of primary amides is 1. The van der Waals surface area contributed by atoms with Gasteiger partial charge in [-0.25, -0.2) is 0 Å². The molecule has 37 nitrogen and oxygen atoms in total. The van der Waals surface area contributed by atoms with Crippen LogP contribution < -0.4 is 11.1 Å². The van der Waals surface area contributed by atoms with Crippen molar-refractivity contribution in [3.05, 3.63) is 0 Å². The van der Waals surface area contributed by atoms with Gasteiger partial charge >= 0.3 is 0 Å². The molecular weight excluding hydrogens is 1500 g/mol. The van der Waals surface area contributed by atoms with Gasteiger partial charge in [-0.1, -0.05) is 41.5 Å². The Kier molecular flexibility index (Phi) is 50.0. The van der Waals surface area contributed by atoms with E-state index in [1.165, 1.54) is 96.6 Å². The molecule has 3 aliphatic heterocycles. The number of hydrogen-bond donors (Lipinski definition) is 2. The maximum Gasteiger partial charge on any atom is 0.242 e. The Morgan fingerprint density at radius 1 is 0.313 bits per heavy atom. The maximum atomic E-state index is 15.0. The molecule has 3 aliphatic rings. The van der Waals surface area contributed by atoms with Gasteiger partial charge < -0.3 is 108 Å². The van der Waals surface area contributed by atoms with Crippen LogP contribution in [-0.2, 0) is 100 Å². The highest BCUT2D eigenvalue weighted by Crippen LogP contribution is 2.17. The van der Waals surface area contributed by atoms with Crippen LogP contribution in [0.15, 0.2) is 0 Å². The minimum Gasteiger partial charge on any atom is -0.383 e. The summed E-state index contributed by atoms with van der Waals surface area (Å²) in [6, 6.07) is 0. The second-order valence-electron chi connectivity index (χ2n) is 30.6. The van der Waals surface area contributed by atoms with E-state index < -0.39 is 130 Å². The monoisotopic (exact) mass is 1640 g/mol. The molecule has 0 bridgehead atoms. The van der Waals surface area contributed by atoms with Crippen molar-refractivity contribution in [1.29, 1.82) is 0 Å². The van der Waals surface area contributed by atoms with Gasteiger partial charge in [-0.15, -0.1) is 0 Å². The second kappa shape index (κ2) is 57.0. The molecule has 3 fully saturated rings. The van der Waals surface area contributed by atoms with Gasteiger partial charge in [0.05, 0.1) is 118 Å². The molecule has 3 N–H and O–H groups in total. The summed E-state index contributed by atoms with van der Waals surface area (Å²) in [5, 5.41) is 3.12. The summed E-state index contributed by atoms with van der Waals surface area (Å²) >= 11 is 0. The van der Waals surface area contributed by atoms with Crippen LogP contribution in [0.4, 0.5) is 0 Å². The lowest BCUT2D eigenvalue weighted by Crippen LogP contribution is -2.54. The minimum atomic E-state index is -0.768. The summed E-state index contributed by atoms with van der Waals surface area (Å²) < 4.78 is 32.1. The van der Waals surface area contributed by atoms with Crippen LogP contribution in [0.1, 0.15) is 119 Å². The number of ether oxygens (including phenoxy) is 6. The van der Waals surface area contributed by atoms with E-state index in [-0.39, 0.29) is 192 Å². The van der Waals surface area contributed by atoms with Crippen LogP contribution in [0.25, 0.3) is 0 Å². The van der Waals surface area contributed by atoms with Gasteiger partial charge in [0.15, 0.2) is 0 Å². The summed E-state index contributed by atoms with van der Waals surface area (Å²) in [5.74, 6) is -7.38. The largest absolute Gasteiger partial charge is 0.383 e. The number of rotatable bonds is 63. The van der Waals surface area contributed by atoms with Crippen LogP contribution in [0.3, 0.4) is 0 Å². The molecule has 3 rings (SSSR count). The number of nitrogens with one attached hydrogen (secondary N) is 1. The average molecular weight is 1640 g/mol. The van der Waals surface area contributed by atoms with Gasteiger partial charge in [-0.3, -0.25) is 71.9 Å².